The van der Waals surface area contributed by atoms with E-state index in [2.05, 4.69) is 15.9 Å². The number of hydrogen-bond acceptors (Lipinski definition) is 3. The first-order chi connectivity index (χ1) is 10.1. The van der Waals surface area contributed by atoms with Crippen molar-refractivity contribution < 1.29 is 19.0 Å². The SMILES string of the molecule is C[C@@H](O)c1ccc(OCCOc2ccc(Br)cc2)cc1F. The number of rotatable bonds is 6. The predicted octanol–water partition coefficient (Wildman–Crippen LogP) is 4.10. The molecule has 1 N–H and O–H groups in total. The molecule has 0 radical (unpaired) electrons. The van der Waals surface area contributed by atoms with Crippen LogP contribution in [0.5, 0.6) is 11.5 Å². The number of ether oxygens (including phenoxy) is 2. The molecule has 0 aliphatic carbocycles. The summed E-state index contributed by atoms with van der Waals surface area (Å²) in [6.07, 6.45) is -0.834. The van der Waals surface area contributed by atoms with Crippen LogP contribution in [0.4, 0.5) is 4.39 Å². The zero-order valence-electron chi connectivity index (χ0n) is 11.6. The summed E-state index contributed by atoms with van der Waals surface area (Å²) in [7, 11) is 0. The van der Waals surface area contributed by atoms with E-state index in [9.17, 15) is 9.50 Å². The quantitative estimate of drug-likeness (QED) is 0.793. The Bertz CT molecular complexity index is 585. The Kier molecular flexibility index (Phi) is 5.59. The minimum atomic E-state index is -0.834. The lowest BCUT2D eigenvalue weighted by Gasteiger charge is -2.11. The predicted molar refractivity (Wildman–Crippen MR) is 82.2 cm³/mol. The maximum Gasteiger partial charge on any atom is 0.132 e. The molecule has 5 heteroatoms. The van der Waals surface area contributed by atoms with Gasteiger partial charge in [-0.2, -0.15) is 0 Å². The van der Waals surface area contributed by atoms with Crippen molar-refractivity contribution in [3.05, 3.63) is 58.3 Å². The van der Waals surface area contributed by atoms with Gasteiger partial charge in [-0.25, -0.2) is 4.39 Å². The molecule has 0 spiro atoms. The number of halogens is 2. The van der Waals surface area contributed by atoms with Crippen LogP contribution in [0.3, 0.4) is 0 Å². The van der Waals surface area contributed by atoms with Gasteiger partial charge in [-0.1, -0.05) is 15.9 Å². The van der Waals surface area contributed by atoms with Crippen LogP contribution in [0.25, 0.3) is 0 Å². The summed E-state index contributed by atoms with van der Waals surface area (Å²) >= 11 is 3.35. The Hall–Kier alpha value is -1.59. The molecule has 0 amide bonds. The molecule has 0 unspecified atom stereocenters. The van der Waals surface area contributed by atoms with Gasteiger partial charge < -0.3 is 14.6 Å². The summed E-state index contributed by atoms with van der Waals surface area (Å²) in [5, 5.41) is 9.35. The van der Waals surface area contributed by atoms with Crippen LogP contribution in [-0.2, 0) is 0 Å². The fourth-order valence-corrected chi connectivity index (χ4v) is 2.05. The van der Waals surface area contributed by atoms with Gasteiger partial charge in [-0.05, 0) is 43.3 Å². The molecular formula is C16H16BrFO3. The molecule has 2 rings (SSSR count). The molecule has 2 aromatic carbocycles. The monoisotopic (exact) mass is 354 g/mol. The molecule has 21 heavy (non-hydrogen) atoms. The molecule has 0 bridgehead atoms. The third-order valence-electron chi connectivity index (χ3n) is 2.86. The molecule has 0 saturated carbocycles. The first-order valence-corrected chi connectivity index (χ1v) is 7.34. The van der Waals surface area contributed by atoms with Crippen molar-refractivity contribution in [3.63, 3.8) is 0 Å². The van der Waals surface area contributed by atoms with E-state index in [4.69, 9.17) is 9.47 Å². The van der Waals surface area contributed by atoms with Gasteiger partial charge in [0.25, 0.3) is 0 Å². The van der Waals surface area contributed by atoms with Crippen LogP contribution in [0.15, 0.2) is 46.9 Å². The van der Waals surface area contributed by atoms with E-state index in [1.165, 1.54) is 19.1 Å². The minimum Gasteiger partial charge on any atom is -0.490 e. The van der Waals surface area contributed by atoms with Crippen molar-refractivity contribution in [2.24, 2.45) is 0 Å². The summed E-state index contributed by atoms with van der Waals surface area (Å²) in [5.41, 5.74) is 0.258. The van der Waals surface area contributed by atoms with Crippen LogP contribution in [0.1, 0.15) is 18.6 Å². The van der Waals surface area contributed by atoms with Crippen molar-refractivity contribution in [2.75, 3.05) is 13.2 Å². The lowest BCUT2D eigenvalue weighted by atomic mass is 10.1. The zero-order valence-corrected chi connectivity index (χ0v) is 13.1. The lowest BCUT2D eigenvalue weighted by Crippen LogP contribution is -2.09. The van der Waals surface area contributed by atoms with Gasteiger partial charge in [0.05, 0.1) is 6.10 Å². The Labute approximate surface area is 131 Å². The highest BCUT2D eigenvalue weighted by Gasteiger charge is 2.08. The highest BCUT2D eigenvalue weighted by molar-refractivity contribution is 9.10. The van der Waals surface area contributed by atoms with Crippen molar-refractivity contribution in [3.8, 4) is 11.5 Å². The van der Waals surface area contributed by atoms with Gasteiger partial charge in [0, 0.05) is 16.1 Å². The van der Waals surface area contributed by atoms with Crippen LogP contribution in [-0.4, -0.2) is 18.3 Å². The van der Waals surface area contributed by atoms with Gasteiger partial charge in [-0.15, -0.1) is 0 Å². The molecule has 0 heterocycles. The number of aliphatic hydroxyl groups excluding tert-OH is 1. The Balaban J connectivity index is 1.81. The average molecular weight is 355 g/mol. The molecule has 0 aliphatic rings. The molecular weight excluding hydrogens is 339 g/mol. The fourth-order valence-electron chi connectivity index (χ4n) is 1.79. The third kappa shape index (κ3) is 4.72. The average Bonchev–Trinajstić information content (AvgIpc) is 2.45. The van der Waals surface area contributed by atoms with E-state index in [1.807, 2.05) is 24.3 Å². The highest BCUT2D eigenvalue weighted by atomic mass is 79.9. The first kappa shape index (κ1) is 15.8. The normalized spacial score (nSPS) is 12.0. The Morgan fingerprint density at radius 1 is 1.05 bits per heavy atom. The number of aliphatic hydroxyl groups is 1. The van der Waals surface area contributed by atoms with Crippen molar-refractivity contribution >= 4 is 15.9 Å². The summed E-state index contributed by atoms with van der Waals surface area (Å²) in [4.78, 5) is 0. The van der Waals surface area contributed by atoms with E-state index in [0.29, 0.717) is 19.0 Å². The molecule has 0 fully saturated rings. The Morgan fingerprint density at radius 2 is 1.62 bits per heavy atom. The summed E-state index contributed by atoms with van der Waals surface area (Å²) in [6.45, 7) is 2.19. The van der Waals surface area contributed by atoms with Crippen LogP contribution >= 0.6 is 15.9 Å². The second kappa shape index (κ2) is 7.43. The van der Waals surface area contributed by atoms with Gasteiger partial charge >= 0.3 is 0 Å². The summed E-state index contributed by atoms with van der Waals surface area (Å²) in [6, 6.07) is 11.9. The molecule has 3 nitrogen and oxygen atoms in total. The van der Waals surface area contributed by atoms with E-state index in [-0.39, 0.29) is 5.56 Å². The molecule has 1 atom stereocenters. The Morgan fingerprint density at radius 3 is 2.19 bits per heavy atom. The second-order valence-corrected chi connectivity index (χ2v) is 5.43. The topological polar surface area (TPSA) is 38.7 Å². The van der Waals surface area contributed by atoms with Gasteiger partial charge in [0.2, 0.25) is 0 Å². The largest absolute Gasteiger partial charge is 0.490 e. The smallest absolute Gasteiger partial charge is 0.132 e. The fraction of sp³-hybridized carbons (Fsp3) is 0.250. The van der Waals surface area contributed by atoms with Gasteiger partial charge in [0.1, 0.15) is 30.5 Å². The van der Waals surface area contributed by atoms with Crippen LogP contribution in [0, 0.1) is 5.82 Å². The van der Waals surface area contributed by atoms with E-state index in [0.717, 1.165) is 10.2 Å². The minimum absolute atomic E-state index is 0.258. The van der Waals surface area contributed by atoms with Crippen LogP contribution in [0.2, 0.25) is 0 Å². The lowest BCUT2D eigenvalue weighted by molar-refractivity contribution is 0.193. The van der Waals surface area contributed by atoms with Gasteiger partial charge in [0.15, 0.2) is 0 Å². The molecule has 2 aromatic rings. The van der Waals surface area contributed by atoms with Crippen molar-refractivity contribution in [1.82, 2.24) is 0 Å². The zero-order chi connectivity index (χ0) is 15.2. The second-order valence-electron chi connectivity index (χ2n) is 4.51. The summed E-state index contributed by atoms with van der Waals surface area (Å²) in [5.74, 6) is 0.685. The van der Waals surface area contributed by atoms with E-state index in [1.54, 1.807) is 6.07 Å². The molecule has 0 saturated heterocycles. The van der Waals surface area contributed by atoms with E-state index < -0.39 is 11.9 Å². The highest BCUT2D eigenvalue weighted by Crippen LogP contribution is 2.21. The number of hydrogen-bond donors (Lipinski definition) is 1. The van der Waals surface area contributed by atoms with Crippen LogP contribution < -0.4 is 9.47 Å². The molecule has 112 valence electrons. The maximum absolute atomic E-state index is 13.6. The molecule has 0 aromatic heterocycles. The third-order valence-corrected chi connectivity index (χ3v) is 3.39. The molecule has 0 aliphatic heterocycles. The van der Waals surface area contributed by atoms with Gasteiger partial charge in [-0.3, -0.25) is 0 Å². The van der Waals surface area contributed by atoms with E-state index >= 15 is 0 Å². The maximum atomic E-state index is 13.6. The standard InChI is InChI=1S/C16H16BrFO3/c1-11(19)15-7-6-14(10-16(15)18)21-9-8-20-13-4-2-12(17)3-5-13/h2-7,10-11,19H,8-9H2,1H3/t11-/m1/s1. The number of benzene rings is 2. The summed E-state index contributed by atoms with van der Waals surface area (Å²) < 4.78 is 25.5. The first-order valence-electron chi connectivity index (χ1n) is 6.55. The van der Waals surface area contributed by atoms with Crippen molar-refractivity contribution in [2.45, 2.75) is 13.0 Å². The van der Waals surface area contributed by atoms with Crippen molar-refractivity contribution in [1.29, 1.82) is 0 Å².